The zero-order valence-corrected chi connectivity index (χ0v) is 13.2. The molecule has 0 unspecified atom stereocenters. The third kappa shape index (κ3) is 2.80. The lowest BCUT2D eigenvalue weighted by atomic mass is 10.1. The fraction of sp³-hybridized carbons (Fsp3) is 0.100. The van der Waals surface area contributed by atoms with Gasteiger partial charge in [0.15, 0.2) is 0 Å². The van der Waals surface area contributed by atoms with Gasteiger partial charge in [-0.25, -0.2) is 0 Å². The molecule has 1 aromatic carbocycles. The minimum Gasteiger partial charge on any atom is -0.341 e. The number of nitrogens with one attached hydrogen (secondary N) is 1. The number of aromatic nitrogens is 1. The van der Waals surface area contributed by atoms with Gasteiger partial charge < -0.3 is 9.72 Å². The molecular weight excluding hydrogens is 300 g/mol. The van der Waals surface area contributed by atoms with Crippen molar-refractivity contribution in [1.82, 2.24) is 9.72 Å². The van der Waals surface area contributed by atoms with Gasteiger partial charge in [0.05, 0.1) is 23.3 Å². The molecule has 0 aliphatic carbocycles. The Hall–Kier alpha value is -3.32. The third-order valence-electron chi connectivity index (χ3n) is 3.79. The lowest BCUT2D eigenvalue weighted by Crippen LogP contribution is -2.23. The zero-order chi connectivity index (χ0) is 17.1. The van der Waals surface area contributed by atoms with Crippen molar-refractivity contribution < 1.29 is 9.59 Å². The molecule has 0 radical (unpaired) electrons. The van der Waals surface area contributed by atoms with E-state index in [-0.39, 0.29) is 18.2 Å². The van der Waals surface area contributed by atoms with E-state index in [2.05, 4.69) is 11.2 Å². The first kappa shape index (κ1) is 15.6. The number of carbonyl (C=O) groups is 2. The standard InChI is InChI=1S/C20H16N2O2/c1-3-10-21-20(24)16-13-18(19(23)15-7-5-4-6-8-15)22-11-9-14(2)12-17(16)22/h1,4-9,11-13H,10H2,2H3,(H,21,24). The van der Waals surface area contributed by atoms with Crippen LogP contribution in [-0.4, -0.2) is 22.6 Å². The highest BCUT2D eigenvalue weighted by Gasteiger charge is 2.20. The van der Waals surface area contributed by atoms with Crippen molar-refractivity contribution in [3.05, 3.63) is 77.1 Å². The van der Waals surface area contributed by atoms with Crippen LogP contribution in [0, 0.1) is 19.3 Å². The first-order valence-corrected chi connectivity index (χ1v) is 7.55. The summed E-state index contributed by atoms with van der Waals surface area (Å²) in [5, 5.41) is 2.65. The summed E-state index contributed by atoms with van der Waals surface area (Å²) in [6.45, 7) is 2.08. The molecular formula is C20H16N2O2. The molecule has 118 valence electrons. The Bertz CT molecular complexity index is 962. The topological polar surface area (TPSA) is 50.6 Å². The van der Waals surface area contributed by atoms with Gasteiger partial charge in [-0.05, 0) is 30.7 Å². The monoisotopic (exact) mass is 316 g/mol. The number of nitrogens with zero attached hydrogens (tertiary/aromatic N) is 1. The van der Waals surface area contributed by atoms with E-state index in [1.54, 1.807) is 28.8 Å². The summed E-state index contributed by atoms with van der Waals surface area (Å²) in [6, 6.07) is 14.4. The Morgan fingerprint density at radius 3 is 2.62 bits per heavy atom. The molecule has 0 spiro atoms. The summed E-state index contributed by atoms with van der Waals surface area (Å²) in [5.74, 6) is 1.95. The fourth-order valence-corrected chi connectivity index (χ4v) is 2.62. The number of terminal acetylenes is 1. The quantitative estimate of drug-likeness (QED) is 0.594. The molecule has 0 bridgehead atoms. The minimum absolute atomic E-state index is 0.134. The highest BCUT2D eigenvalue weighted by atomic mass is 16.1. The number of hydrogen-bond acceptors (Lipinski definition) is 2. The van der Waals surface area contributed by atoms with Crippen LogP contribution >= 0.6 is 0 Å². The van der Waals surface area contributed by atoms with Crippen LogP contribution in [0.3, 0.4) is 0 Å². The predicted molar refractivity (Wildman–Crippen MR) is 93.2 cm³/mol. The molecule has 0 aliphatic rings. The van der Waals surface area contributed by atoms with Crippen molar-refractivity contribution >= 4 is 17.2 Å². The van der Waals surface area contributed by atoms with E-state index in [0.717, 1.165) is 5.56 Å². The average Bonchev–Trinajstić information content (AvgIpc) is 2.98. The summed E-state index contributed by atoms with van der Waals surface area (Å²) < 4.78 is 1.74. The second-order valence-corrected chi connectivity index (χ2v) is 5.48. The Morgan fingerprint density at radius 2 is 1.92 bits per heavy atom. The van der Waals surface area contributed by atoms with Gasteiger partial charge in [0, 0.05) is 11.8 Å². The van der Waals surface area contributed by atoms with Crippen LogP contribution in [-0.2, 0) is 0 Å². The number of pyridine rings is 1. The van der Waals surface area contributed by atoms with E-state index in [1.807, 2.05) is 37.3 Å². The van der Waals surface area contributed by atoms with Crippen LogP contribution in [0.4, 0.5) is 0 Å². The van der Waals surface area contributed by atoms with Gasteiger partial charge in [-0.1, -0.05) is 36.3 Å². The van der Waals surface area contributed by atoms with Crippen molar-refractivity contribution in [3.63, 3.8) is 0 Å². The molecule has 0 aliphatic heterocycles. The van der Waals surface area contributed by atoms with E-state index < -0.39 is 0 Å². The molecule has 0 saturated heterocycles. The van der Waals surface area contributed by atoms with Gasteiger partial charge in [0.2, 0.25) is 5.78 Å². The molecule has 3 rings (SSSR count). The van der Waals surface area contributed by atoms with Crippen LogP contribution in [0.15, 0.2) is 54.7 Å². The number of carbonyl (C=O) groups excluding carboxylic acids is 2. The van der Waals surface area contributed by atoms with Gasteiger partial charge in [-0.2, -0.15) is 0 Å². The minimum atomic E-state index is -0.289. The number of fused-ring (bicyclic) bond motifs is 1. The van der Waals surface area contributed by atoms with Crippen LogP contribution in [0.5, 0.6) is 0 Å². The smallest absolute Gasteiger partial charge is 0.254 e. The fourth-order valence-electron chi connectivity index (χ4n) is 2.62. The summed E-state index contributed by atoms with van der Waals surface area (Å²) in [7, 11) is 0. The highest BCUT2D eigenvalue weighted by Crippen LogP contribution is 2.21. The lowest BCUT2D eigenvalue weighted by molar-refractivity contribution is 0.0960. The Morgan fingerprint density at radius 1 is 1.17 bits per heavy atom. The summed E-state index contributed by atoms with van der Waals surface area (Å²) in [6.07, 6.45) is 7.00. The van der Waals surface area contributed by atoms with Crippen molar-refractivity contribution in [3.8, 4) is 12.3 Å². The van der Waals surface area contributed by atoms with E-state index >= 15 is 0 Å². The van der Waals surface area contributed by atoms with Gasteiger partial charge in [0.1, 0.15) is 0 Å². The number of aryl methyl sites for hydroxylation is 1. The maximum atomic E-state index is 12.8. The second-order valence-electron chi connectivity index (χ2n) is 5.48. The maximum Gasteiger partial charge on any atom is 0.254 e. The van der Waals surface area contributed by atoms with Crippen molar-refractivity contribution in [2.24, 2.45) is 0 Å². The molecule has 0 saturated carbocycles. The van der Waals surface area contributed by atoms with Crippen LogP contribution in [0.2, 0.25) is 0 Å². The highest BCUT2D eigenvalue weighted by molar-refractivity contribution is 6.12. The SMILES string of the molecule is C#CCNC(=O)c1cc(C(=O)c2ccccc2)n2ccc(C)cc12. The Kier molecular flexibility index (Phi) is 4.17. The normalized spacial score (nSPS) is 10.3. The number of hydrogen-bond donors (Lipinski definition) is 1. The van der Waals surface area contributed by atoms with Gasteiger partial charge >= 0.3 is 0 Å². The summed E-state index contributed by atoms with van der Waals surface area (Å²) >= 11 is 0. The van der Waals surface area contributed by atoms with E-state index in [0.29, 0.717) is 22.3 Å². The molecule has 2 aromatic heterocycles. The molecule has 0 fully saturated rings. The van der Waals surface area contributed by atoms with Gasteiger partial charge in [-0.3, -0.25) is 9.59 Å². The van der Waals surface area contributed by atoms with Crippen LogP contribution in [0.25, 0.3) is 5.52 Å². The molecule has 4 heteroatoms. The number of amides is 1. The molecule has 24 heavy (non-hydrogen) atoms. The van der Waals surface area contributed by atoms with E-state index in [1.165, 1.54) is 0 Å². The van der Waals surface area contributed by atoms with E-state index in [9.17, 15) is 9.59 Å². The Balaban J connectivity index is 2.14. The molecule has 0 atom stereocenters. The second kappa shape index (κ2) is 6.43. The number of benzene rings is 1. The van der Waals surface area contributed by atoms with Crippen LogP contribution in [0.1, 0.15) is 32.0 Å². The first-order valence-electron chi connectivity index (χ1n) is 7.55. The average molecular weight is 316 g/mol. The summed E-state index contributed by atoms with van der Waals surface area (Å²) in [5.41, 5.74) is 3.15. The largest absolute Gasteiger partial charge is 0.341 e. The van der Waals surface area contributed by atoms with Gasteiger partial charge in [0.25, 0.3) is 5.91 Å². The van der Waals surface area contributed by atoms with Crippen molar-refractivity contribution in [2.45, 2.75) is 6.92 Å². The van der Waals surface area contributed by atoms with Gasteiger partial charge in [-0.15, -0.1) is 6.42 Å². The predicted octanol–water partition coefficient (Wildman–Crippen LogP) is 2.84. The summed E-state index contributed by atoms with van der Waals surface area (Å²) in [4.78, 5) is 25.2. The number of ketones is 1. The zero-order valence-electron chi connectivity index (χ0n) is 13.2. The number of rotatable bonds is 4. The molecule has 3 aromatic rings. The lowest BCUT2D eigenvalue weighted by Gasteiger charge is -2.04. The maximum absolute atomic E-state index is 12.8. The Labute approximate surface area is 140 Å². The molecule has 1 N–H and O–H groups in total. The van der Waals surface area contributed by atoms with E-state index in [4.69, 9.17) is 6.42 Å². The van der Waals surface area contributed by atoms with Crippen LogP contribution < -0.4 is 5.32 Å². The third-order valence-corrected chi connectivity index (χ3v) is 3.79. The molecule has 4 nitrogen and oxygen atoms in total. The van der Waals surface area contributed by atoms with Crippen molar-refractivity contribution in [1.29, 1.82) is 0 Å². The van der Waals surface area contributed by atoms with Crippen molar-refractivity contribution in [2.75, 3.05) is 6.54 Å². The first-order chi connectivity index (χ1) is 11.6. The molecule has 2 heterocycles. The molecule has 1 amide bonds.